The van der Waals surface area contributed by atoms with Crippen molar-refractivity contribution in [1.29, 1.82) is 0 Å². The van der Waals surface area contributed by atoms with E-state index in [1.807, 2.05) is 30.5 Å². The van der Waals surface area contributed by atoms with Gasteiger partial charge in [-0.1, -0.05) is 17.7 Å². The van der Waals surface area contributed by atoms with Crippen LogP contribution in [0.2, 0.25) is 5.02 Å². The molecule has 1 aliphatic rings. The normalized spacial score (nSPS) is 17.5. The maximum Gasteiger partial charge on any atom is 0.322 e. The minimum Gasteiger partial charge on any atom is -0.370 e. The van der Waals surface area contributed by atoms with Crippen LogP contribution in [0.15, 0.2) is 48.7 Å². The van der Waals surface area contributed by atoms with E-state index < -0.39 is 5.82 Å². The molecule has 1 saturated heterocycles. The number of benzene rings is 2. The first-order valence-electron chi connectivity index (χ1n) is 8.30. The first kappa shape index (κ1) is 16.9. The molecule has 0 saturated carbocycles. The topological polar surface area (TPSA) is 57.4 Å². The van der Waals surface area contributed by atoms with Crippen LogP contribution in [0.4, 0.5) is 14.9 Å². The molecule has 2 heterocycles. The van der Waals surface area contributed by atoms with E-state index in [1.54, 1.807) is 11.0 Å². The van der Waals surface area contributed by atoms with Gasteiger partial charge in [0.25, 0.3) is 0 Å². The average Bonchev–Trinajstić information content (AvgIpc) is 3.09. The van der Waals surface area contributed by atoms with Crippen molar-refractivity contribution in [2.24, 2.45) is 0 Å². The SMILES string of the molecule is O=C(Nc1ccc2[nH]ccc2c1)N1CCOC(c2ccc(F)cc2Cl)C1. The molecule has 1 aromatic heterocycles. The van der Waals surface area contributed by atoms with Gasteiger partial charge in [0.2, 0.25) is 0 Å². The van der Waals surface area contributed by atoms with Crippen LogP contribution in [-0.2, 0) is 4.74 Å². The zero-order chi connectivity index (χ0) is 18.1. The Kier molecular flexibility index (Phi) is 4.53. The van der Waals surface area contributed by atoms with E-state index in [0.717, 1.165) is 16.6 Å². The lowest BCUT2D eigenvalue weighted by Gasteiger charge is -2.33. The number of amides is 2. The number of anilines is 1. The van der Waals surface area contributed by atoms with Gasteiger partial charge in [-0.05, 0) is 36.4 Å². The fraction of sp³-hybridized carbons (Fsp3) is 0.211. The van der Waals surface area contributed by atoms with Gasteiger partial charge in [-0.25, -0.2) is 9.18 Å². The van der Waals surface area contributed by atoms with Crippen molar-refractivity contribution >= 4 is 34.2 Å². The largest absolute Gasteiger partial charge is 0.370 e. The van der Waals surface area contributed by atoms with Crippen LogP contribution < -0.4 is 5.32 Å². The fourth-order valence-corrected chi connectivity index (χ4v) is 3.41. The van der Waals surface area contributed by atoms with Gasteiger partial charge in [0.15, 0.2) is 0 Å². The molecule has 2 amide bonds. The molecule has 1 fully saturated rings. The molecule has 2 aromatic carbocycles. The Morgan fingerprint density at radius 1 is 1.27 bits per heavy atom. The number of urea groups is 1. The summed E-state index contributed by atoms with van der Waals surface area (Å²) in [6.45, 7) is 1.22. The number of carbonyl (C=O) groups is 1. The summed E-state index contributed by atoms with van der Waals surface area (Å²) in [7, 11) is 0. The molecule has 134 valence electrons. The quantitative estimate of drug-likeness (QED) is 0.691. The van der Waals surface area contributed by atoms with Crippen molar-refractivity contribution in [3.8, 4) is 0 Å². The van der Waals surface area contributed by atoms with Crippen LogP contribution in [0.25, 0.3) is 10.9 Å². The predicted octanol–water partition coefficient (Wildman–Crippen LogP) is 4.57. The third-order valence-electron chi connectivity index (χ3n) is 4.47. The summed E-state index contributed by atoms with van der Waals surface area (Å²) >= 11 is 6.12. The number of fused-ring (bicyclic) bond motifs is 1. The Hall–Kier alpha value is -2.57. The summed E-state index contributed by atoms with van der Waals surface area (Å²) in [6, 6.07) is 11.6. The lowest BCUT2D eigenvalue weighted by molar-refractivity contribution is -0.0134. The van der Waals surface area contributed by atoms with Crippen LogP contribution in [0.1, 0.15) is 11.7 Å². The molecule has 4 rings (SSSR count). The summed E-state index contributed by atoms with van der Waals surface area (Å²) in [5.41, 5.74) is 2.42. The van der Waals surface area contributed by atoms with Gasteiger partial charge in [-0.3, -0.25) is 0 Å². The van der Waals surface area contributed by atoms with Crippen molar-refractivity contribution in [3.05, 3.63) is 65.1 Å². The molecule has 0 aliphatic carbocycles. The number of aromatic nitrogens is 1. The Morgan fingerprint density at radius 3 is 3.00 bits per heavy atom. The molecule has 1 atom stereocenters. The molecule has 1 unspecified atom stereocenters. The van der Waals surface area contributed by atoms with Crippen LogP contribution in [0.5, 0.6) is 0 Å². The second-order valence-electron chi connectivity index (χ2n) is 6.18. The molecule has 26 heavy (non-hydrogen) atoms. The Balaban J connectivity index is 1.47. The molecular formula is C19H17ClFN3O2. The van der Waals surface area contributed by atoms with Gasteiger partial charge in [0.05, 0.1) is 13.2 Å². The molecule has 0 radical (unpaired) electrons. The summed E-state index contributed by atoms with van der Waals surface area (Å²) in [5, 5.41) is 4.24. The summed E-state index contributed by atoms with van der Waals surface area (Å²) in [4.78, 5) is 17.4. The minimum absolute atomic E-state index is 0.202. The van der Waals surface area contributed by atoms with Crippen LogP contribution in [0.3, 0.4) is 0 Å². The number of nitrogens with zero attached hydrogens (tertiary/aromatic N) is 1. The van der Waals surface area contributed by atoms with E-state index in [1.165, 1.54) is 12.1 Å². The highest BCUT2D eigenvalue weighted by atomic mass is 35.5. The number of carbonyl (C=O) groups excluding carboxylic acids is 1. The van der Waals surface area contributed by atoms with Crippen molar-refractivity contribution in [2.75, 3.05) is 25.0 Å². The molecule has 2 N–H and O–H groups in total. The maximum absolute atomic E-state index is 13.2. The van der Waals surface area contributed by atoms with E-state index >= 15 is 0 Å². The lowest BCUT2D eigenvalue weighted by Crippen LogP contribution is -2.44. The first-order chi connectivity index (χ1) is 12.6. The highest BCUT2D eigenvalue weighted by Gasteiger charge is 2.27. The lowest BCUT2D eigenvalue weighted by atomic mass is 10.1. The monoisotopic (exact) mass is 373 g/mol. The highest BCUT2D eigenvalue weighted by molar-refractivity contribution is 6.31. The molecule has 7 heteroatoms. The van der Waals surface area contributed by atoms with Gasteiger partial charge in [-0.2, -0.15) is 0 Å². The van der Waals surface area contributed by atoms with Crippen molar-refractivity contribution in [3.63, 3.8) is 0 Å². The Morgan fingerprint density at radius 2 is 2.15 bits per heavy atom. The number of ether oxygens (including phenoxy) is 1. The van der Waals surface area contributed by atoms with Crippen LogP contribution >= 0.6 is 11.6 Å². The van der Waals surface area contributed by atoms with E-state index in [-0.39, 0.29) is 12.1 Å². The minimum atomic E-state index is -0.399. The average molecular weight is 374 g/mol. The maximum atomic E-state index is 13.2. The number of rotatable bonds is 2. The number of aromatic amines is 1. The zero-order valence-electron chi connectivity index (χ0n) is 13.8. The summed E-state index contributed by atoms with van der Waals surface area (Å²) in [5.74, 6) is -0.399. The van der Waals surface area contributed by atoms with Gasteiger partial charge < -0.3 is 19.9 Å². The molecule has 0 bridgehead atoms. The summed E-state index contributed by atoms with van der Waals surface area (Å²) in [6.07, 6.45) is 1.48. The smallest absolute Gasteiger partial charge is 0.322 e. The second-order valence-corrected chi connectivity index (χ2v) is 6.59. The molecular weight excluding hydrogens is 357 g/mol. The van der Waals surface area contributed by atoms with E-state index in [0.29, 0.717) is 30.3 Å². The number of hydrogen-bond acceptors (Lipinski definition) is 2. The third-order valence-corrected chi connectivity index (χ3v) is 4.79. The fourth-order valence-electron chi connectivity index (χ4n) is 3.12. The molecule has 5 nitrogen and oxygen atoms in total. The van der Waals surface area contributed by atoms with E-state index in [4.69, 9.17) is 16.3 Å². The zero-order valence-corrected chi connectivity index (χ0v) is 14.6. The third kappa shape index (κ3) is 3.38. The Bertz CT molecular complexity index is 959. The van der Waals surface area contributed by atoms with Crippen molar-refractivity contribution < 1.29 is 13.9 Å². The Labute approximate surface area is 154 Å². The second kappa shape index (κ2) is 6.97. The predicted molar refractivity (Wildman–Crippen MR) is 99.0 cm³/mol. The van der Waals surface area contributed by atoms with Crippen LogP contribution in [-0.4, -0.2) is 35.6 Å². The number of H-pyrrole nitrogens is 1. The van der Waals surface area contributed by atoms with Gasteiger partial charge in [0.1, 0.15) is 11.9 Å². The number of hydrogen-bond donors (Lipinski definition) is 2. The first-order valence-corrected chi connectivity index (χ1v) is 8.67. The number of nitrogens with one attached hydrogen (secondary N) is 2. The number of morpholine rings is 1. The molecule has 0 spiro atoms. The number of halogens is 2. The van der Waals surface area contributed by atoms with E-state index in [2.05, 4.69) is 10.3 Å². The van der Waals surface area contributed by atoms with Crippen molar-refractivity contribution in [2.45, 2.75) is 6.10 Å². The standard InChI is InChI=1S/C19H17ClFN3O2/c20-16-10-13(21)1-3-15(16)18-11-24(7-8-26-18)19(25)23-14-2-4-17-12(9-14)5-6-22-17/h1-6,9-10,18,22H,7-8,11H2,(H,23,25). The van der Waals surface area contributed by atoms with E-state index in [9.17, 15) is 9.18 Å². The van der Waals surface area contributed by atoms with Gasteiger partial charge in [0, 0.05) is 39.9 Å². The molecule has 1 aliphatic heterocycles. The van der Waals surface area contributed by atoms with Gasteiger partial charge >= 0.3 is 6.03 Å². The molecule has 3 aromatic rings. The van der Waals surface area contributed by atoms with Crippen molar-refractivity contribution in [1.82, 2.24) is 9.88 Å². The summed E-state index contributed by atoms with van der Waals surface area (Å²) < 4.78 is 19.0. The van der Waals surface area contributed by atoms with Crippen LogP contribution in [0, 0.1) is 5.82 Å². The van der Waals surface area contributed by atoms with Gasteiger partial charge in [-0.15, -0.1) is 0 Å². The highest BCUT2D eigenvalue weighted by Crippen LogP contribution is 2.29.